The van der Waals surface area contributed by atoms with E-state index in [-0.39, 0.29) is 11.4 Å². The highest BCUT2D eigenvalue weighted by Crippen LogP contribution is 2.26. The van der Waals surface area contributed by atoms with Gasteiger partial charge in [0.2, 0.25) is 0 Å². The van der Waals surface area contributed by atoms with Crippen LogP contribution < -0.4 is 10.1 Å². The van der Waals surface area contributed by atoms with Crippen LogP contribution in [0.2, 0.25) is 0 Å². The summed E-state index contributed by atoms with van der Waals surface area (Å²) in [5, 5.41) is 3.35. The Morgan fingerprint density at radius 3 is 2.55 bits per heavy atom. The molecule has 1 aliphatic carbocycles. The van der Waals surface area contributed by atoms with Crippen LogP contribution in [-0.4, -0.2) is 12.1 Å². The maximum Gasteiger partial charge on any atom is 0.165 e. The van der Waals surface area contributed by atoms with Crippen LogP contribution in [0.4, 0.5) is 4.39 Å². The van der Waals surface area contributed by atoms with Gasteiger partial charge in [0.15, 0.2) is 11.6 Å². The molecule has 0 unspecified atom stereocenters. The Balaban J connectivity index is 1.88. The van der Waals surface area contributed by atoms with Gasteiger partial charge in [0.05, 0.1) is 6.61 Å². The van der Waals surface area contributed by atoms with Gasteiger partial charge in [-0.2, -0.15) is 0 Å². The van der Waals surface area contributed by atoms with Gasteiger partial charge in [-0.3, -0.25) is 0 Å². The summed E-state index contributed by atoms with van der Waals surface area (Å²) in [4.78, 5) is 0. The van der Waals surface area contributed by atoms with E-state index in [0.717, 1.165) is 5.56 Å². The summed E-state index contributed by atoms with van der Waals surface area (Å²) in [6, 6.07) is 5.26. The number of hydrogen-bond acceptors (Lipinski definition) is 2. The predicted octanol–water partition coefficient (Wildman–Crippen LogP) is 4.28. The van der Waals surface area contributed by atoms with Gasteiger partial charge in [0.1, 0.15) is 0 Å². The van der Waals surface area contributed by atoms with E-state index in [0.29, 0.717) is 24.8 Å². The van der Waals surface area contributed by atoms with Crippen LogP contribution in [0.25, 0.3) is 0 Å². The van der Waals surface area contributed by atoms with Crippen molar-refractivity contribution in [1.82, 2.24) is 5.32 Å². The van der Waals surface area contributed by atoms with Gasteiger partial charge in [-0.05, 0) is 57.2 Å². The topological polar surface area (TPSA) is 21.3 Å². The van der Waals surface area contributed by atoms with Gasteiger partial charge in [-0.25, -0.2) is 4.39 Å². The third-order valence-corrected chi connectivity index (χ3v) is 3.77. The van der Waals surface area contributed by atoms with Crippen molar-refractivity contribution >= 4 is 0 Å². The van der Waals surface area contributed by atoms with E-state index in [2.05, 4.69) is 26.1 Å². The largest absolute Gasteiger partial charge is 0.490 e. The minimum absolute atomic E-state index is 0.0358. The molecule has 1 aromatic rings. The van der Waals surface area contributed by atoms with E-state index < -0.39 is 0 Å². The quantitative estimate of drug-likeness (QED) is 0.868. The molecule has 0 radical (unpaired) electrons. The molecule has 0 atom stereocenters. The fourth-order valence-corrected chi connectivity index (χ4v) is 2.52. The second-order valence-electron chi connectivity index (χ2n) is 6.83. The van der Waals surface area contributed by atoms with Gasteiger partial charge in [-0.1, -0.05) is 18.9 Å². The Bertz CT molecular complexity index is 433. The number of halogens is 1. The summed E-state index contributed by atoms with van der Waals surface area (Å²) < 4.78 is 19.6. The molecule has 0 saturated heterocycles. The molecule has 0 heterocycles. The van der Waals surface area contributed by atoms with Gasteiger partial charge >= 0.3 is 0 Å². The lowest BCUT2D eigenvalue weighted by molar-refractivity contribution is 0.242. The van der Waals surface area contributed by atoms with E-state index in [4.69, 9.17) is 4.74 Å². The Kier molecular flexibility index (Phi) is 5.03. The molecule has 1 aromatic carbocycles. The zero-order valence-corrected chi connectivity index (χ0v) is 12.8. The first-order valence-corrected chi connectivity index (χ1v) is 7.60. The molecule has 0 amide bonds. The van der Waals surface area contributed by atoms with Crippen LogP contribution in [0.3, 0.4) is 0 Å². The molecule has 1 saturated carbocycles. The minimum atomic E-state index is -0.254. The van der Waals surface area contributed by atoms with Crippen molar-refractivity contribution in [2.24, 2.45) is 5.92 Å². The fourth-order valence-electron chi connectivity index (χ4n) is 2.52. The van der Waals surface area contributed by atoms with Crippen LogP contribution in [0.1, 0.15) is 52.0 Å². The number of benzene rings is 1. The Morgan fingerprint density at radius 2 is 1.95 bits per heavy atom. The molecule has 0 spiro atoms. The number of rotatable bonds is 5. The highest BCUT2D eigenvalue weighted by atomic mass is 19.1. The molecule has 20 heavy (non-hydrogen) atoms. The third-order valence-electron chi connectivity index (χ3n) is 3.77. The lowest BCUT2D eigenvalue weighted by Gasteiger charge is -2.20. The summed E-state index contributed by atoms with van der Waals surface area (Å²) in [5.41, 5.74) is 0.986. The average Bonchev–Trinajstić information content (AvgIpc) is 2.87. The molecule has 112 valence electrons. The smallest absolute Gasteiger partial charge is 0.165 e. The van der Waals surface area contributed by atoms with E-state index >= 15 is 0 Å². The number of nitrogens with one attached hydrogen (secondary N) is 1. The van der Waals surface area contributed by atoms with Crippen LogP contribution in [0.5, 0.6) is 5.75 Å². The van der Waals surface area contributed by atoms with Gasteiger partial charge < -0.3 is 10.1 Å². The van der Waals surface area contributed by atoms with Crippen LogP contribution >= 0.6 is 0 Å². The van der Waals surface area contributed by atoms with Crippen molar-refractivity contribution in [2.45, 2.75) is 58.5 Å². The van der Waals surface area contributed by atoms with Crippen molar-refractivity contribution in [3.63, 3.8) is 0 Å². The van der Waals surface area contributed by atoms with E-state index in [1.54, 1.807) is 12.1 Å². The van der Waals surface area contributed by atoms with E-state index in [9.17, 15) is 4.39 Å². The van der Waals surface area contributed by atoms with Gasteiger partial charge in [-0.15, -0.1) is 0 Å². The van der Waals surface area contributed by atoms with E-state index in [1.165, 1.54) is 25.7 Å². The molecular formula is C17H26FNO. The van der Waals surface area contributed by atoms with Gasteiger partial charge in [0.25, 0.3) is 0 Å². The van der Waals surface area contributed by atoms with Crippen molar-refractivity contribution < 1.29 is 9.13 Å². The molecule has 0 aromatic heterocycles. The van der Waals surface area contributed by atoms with Gasteiger partial charge in [0, 0.05) is 12.1 Å². The predicted molar refractivity (Wildman–Crippen MR) is 80.4 cm³/mol. The average molecular weight is 279 g/mol. The second kappa shape index (κ2) is 6.57. The van der Waals surface area contributed by atoms with Crippen molar-refractivity contribution in [3.05, 3.63) is 29.6 Å². The SMILES string of the molecule is CC(C)(C)NCc1ccc(OCC2CCCC2)c(F)c1. The molecule has 1 N–H and O–H groups in total. The summed E-state index contributed by atoms with van der Waals surface area (Å²) in [5.74, 6) is 0.740. The molecule has 0 aliphatic heterocycles. The van der Waals surface area contributed by atoms with E-state index in [1.807, 2.05) is 6.07 Å². The number of ether oxygens (including phenoxy) is 1. The summed E-state index contributed by atoms with van der Waals surface area (Å²) in [6.45, 7) is 7.62. The Morgan fingerprint density at radius 1 is 1.25 bits per heavy atom. The Hall–Kier alpha value is -1.09. The molecule has 3 heteroatoms. The minimum Gasteiger partial charge on any atom is -0.490 e. The normalized spacial score (nSPS) is 16.6. The Labute approximate surface area is 121 Å². The molecular weight excluding hydrogens is 253 g/mol. The maximum atomic E-state index is 14.0. The highest BCUT2D eigenvalue weighted by Gasteiger charge is 2.16. The monoisotopic (exact) mass is 279 g/mol. The summed E-state index contributed by atoms with van der Waals surface area (Å²) >= 11 is 0. The van der Waals surface area contributed by atoms with Crippen LogP contribution in [0.15, 0.2) is 18.2 Å². The first-order valence-electron chi connectivity index (χ1n) is 7.60. The molecule has 1 fully saturated rings. The van der Waals surface area contributed by atoms with Crippen molar-refractivity contribution in [1.29, 1.82) is 0 Å². The summed E-state index contributed by atoms with van der Waals surface area (Å²) in [6.07, 6.45) is 5.01. The first kappa shape index (κ1) is 15.3. The maximum absolute atomic E-state index is 14.0. The molecule has 0 bridgehead atoms. The zero-order valence-electron chi connectivity index (χ0n) is 12.8. The molecule has 2 rings (SSSR count). The first-order chi connectivity index (χ1) is 9.44. The lowest BCUT2D eigenvalue weighted by atomic mass is 10.1. The number of hydrogen-bond donors (Lipinski definition) is 1. The van der Waals surface area contributed by atoms with Crippen LogP contribution in [0, 0.1) is 11.7 Å². The second-order valence-corrected chi connectivity index (χ2v) is 6.83. The lowest BCUT2D eigenvalue weighted by Crippen LogP contribution is -2.35. The van der Waals surface area contributed by atoms with Crippen molar-refractivity contribution in [3.8, 4) is 5.75 Å². The van der Waals surface area contributed by atoms with Crippen molar-refractivity contribution in [2.75, 3.05) is 6.61 Å². The fraction of sp³-hybridized carbons (Fsp3) is 0.647. The van der Waals surface area contributed by atoms with Crippen LogP contribution in [-0.2, 0) is 6.54 Å². The highest BCUT2D eigenvalue weighted by molar-refractivity contribution is 5.29. The zero-order chi connectivity index (χ0) is 14.6. The molecule has 2 nitrogen and oxygen atoms in total. The third kappa shape index (κ3) is 4.78. The molecule has 1 aliphatic rings. The summed E-state index contributed by atoms with van der Waals surface area (Å²) in [7, 11) is 0. The standard InChI is InChI=1S/C17H26FNO/c1-17(2,3)19-11-14-8-9-16(15(18)10-14)20-12-13-6-4-5-7-13/h8-10,13,19H,4-7,11-12H2,1-3H3.